The molecule has 0 aliphatic rings. The minimum absolute atomic E-state index is 0.0998. The summed E-state index contributed by atoms with van der Waals surface area (Å²) in [6.07, 6.45) is 0. The van der Waals surface area contributed by atoms with E-state index < -0.39 is 0 Å². The Labute approximate surface area is 136 Å². The molecule has 2 rings (SSSR count). The van der Waals surface area contributed by atoms with Crippen LogP contribution in [0.4, 0.5) is 0 Å². The predicted octanol–water partition coefficient (Wildman–Crippen LogP) is 3.43. The molecule has 0 saturated heterocycles. The molecule has 1 amide bonds. The highest BCUT2D eigenvalue weighted by molar-refractivity contribution is 5.78. The summed E-state index contributed by atoms with van der Waals surface area (Å²) in [6.45, 7) is 5.88. The van der Waals surface area contributed by atoms with Gasteiger partial charge in [0.05, 0.1) is 11.6 Å². The fourth-order valence-electron chi connectivity index (χ4n) is 2.42. The average molecular weight is 308 g/mol. The van der Waals surface area contributed by atoms with Crippen LogP contribution in [0.25, 0.3) is 0 Å². The Kier molecular flexibility index (Phi) is 5.37. The van der Waals surface area contributed by atoms with E-state index in [0.29, 0.717) is 11.3 Å². The molecule has 1 N–H and O–H groups in total. The first-order valence-corrected chi connectivity index (χ1v) is 7.49. The van der Waals surface area contributed by atoms with Gasteiger partial charge in [-0.25, -0.2) is 0 Å². The zero-order valence-electron chi connectivity index (χ0n) is 13.6. The Morgan fingerprint density at radius 3 is 2.74 bits per heavy atom. The number of ether oxygens (including phenoxy) is 1. The van der Waals surface area contributed by atoms with Crippen LogP contribution in [0.3, 0.4) is 0 Å². The zero-order valence-corrected chi connectivity index (χ0v) is 13.6. The summed E-state index contributed by atoms with van der Waals surface area (Å²) in [5, 5.41) is 11.9. The average Bonchev–Trinajstić information content (AvgIpc) is 2.55. The van der Waals surface area contributed by atoms with E-state index in [1.807, 2.05) is 32.9 Å². The van der Waals surface area contributed by atoms with Crippen molar-refractivity contribution in [2.24, 2.45) is 0 Å². The molecule has 4 nitrogen and oxygen atoms in total. The monoisotopic (exact) mass is 308 g/mol. The lowest BCUT2D eigenvalue weighted by Gasteiger charge is -2.17. The molecule has 1 atom stereocenters. The van der Waals surface area contributed by atoms with Crippen LogP contribution < -0.4 is 10.1 Å². The third kappa shape index (κ3) is 4.33. The van der Waals surface area contributed by atoms with Crippen LogP contribution in [-0.2, 0) is 4.79 Å². The van der Waals surface area contributed by atoms with Crippen molar-refractivity contribution in [3.63, 3.8) is 0 Å². The highest BCUT2D eigenvalue weighted by Gasteiger charge is 2.13. The van der Waals surface area contributed by atoms with Gasteiger partial charge in [0.1, 0.15) is 11.8 Å². The van der Waals surface area contributed by atoms with Crippen LogP contribution in [0.5, 0.6) is 5.75 Å². The van der Waals surface area contributed by atoms with Crippen LogP contribution in [0.2, 0.25) is 0 Å². The number of carbonyl (C=O) groups excluding carboxylic acids is 1. The standard InChI is InChI=1S/C19H20N2O2/c1-13-8-9-14(2)17(10-13)15(3)21-19(22)12-23-18-7-5-4-6-16(18)11-20/h4-10,15H,12H2,1-3H3,(H,21,22). The molecule has 23 heavy (non-hydrogen) atoms. The van der Waals surface area contributed by atoms with Gasteiger partial charge in [-0.15, -0.1) is 0 Å². The minimum atomic E-state index is -0.217. The second kappa shape index (κ2) is 7.46. The van der Waals surface area contributed by atoms with Crippen molar-refractivity contribution in [3.05, 3.63) is 64.7 Å². The fraction of sp³-hybridized carbons (Fsp3) is 0.263. The number of rotatable bonds is 5. The molecule has 0 saturated carbocycles. The number of para-hydroxylation sites is 1. The molecule has 118 valence electrons. The molecule has 0 bridgehead atoms. The summed E-state index contributed by atoms with van der Waals surface area (Å²) < 4.78 is 5.45. The molecule has 0 aromatic heterocycles. The van der Waals surface area contributed by atoms with Crippen molar-refractivity contribution >= 4 is 5.91 Å². The number of nitrogens with zero attached hydrogens (tertiary/aromatic N) is 1. The number of carbonyl (C=O) groups is 1. The summed E-state index contributed by atoms with van der Waals surface area (Å²) in [5.74, 6) is 0.204. The molecule has 0 heterocycles. The Bertz CT molecular complexity index is 747. The van der Waals surface area contributed by atoms with Gasteiger partial charge in [-0.05, 0) is 44.0 Å². The summed E-state index contributed by atoms with van der Waals surface area (Å²) in [5.41, 5.74) is 3.81. The van der Waals surface area contributed by atoms with Gasteiger partial charge in [0.15, 0.2) is 6.61 Å². The minimum Gasteiger partial charge on any atom is -0.482 e. The van der Waals surface area contributed by atoms with Gasteiger partial charge in [0.2, 0.25) is 0 Å². The van der Waals surface area contributed by atoms with Gasteiger partial charge in [0, 0.05) is 0 Å². The first kappa shape index (κ1) is 16.6. The van der Waals surface area contributed by atoms with E-state index in [9.17, 15) is 4.79 Å². The molecule has 4 heteroatoms. The van der Waals surface area contributed by atoms with E-state index in [1.54, 1.807) is 24.3 Å². The van der Waals surface area contributed by atoms with Gasteiger partial charge in [-0.2, -0.15) is 5.26 Å². The Morgan fingerprint density at radius 1 is 1.26 bits per heavy atom. The highest BCUT2D eigenvalue weighted by atomic mass is 16.5. The van der Waals surface area contributed by atoms with E-state index >= 15 is 0 Å². The molecule has 0 fully saturated rings. The topological polar surface area (TPSA) is 62.1 Å². The Morgan fingerprint density at radius 2 is 2.00 bits per heavy atom. The van der Waals surface area contributed by atoms with Crippen molar-refractivity contribution in [2.45, 2.75) is 26.8 Å². The smallest absolute Gasteiger partial charge is 0.258 e. The number of nitrogens with one attached hydrogen (secondary N) is 1. The number of nitriles is 1. The molecule has 2 aromatic rings. The lowest BCUT2D eigenvalue weighted by molar-refractivity contribution is -0.123. The van der Waals surface area contributed by atoms with Crippen LogP contribution in [0.15, 0.2) is 42.5 Å². The second-order valence-electron chi connectivity index (χ2n) is 5.55. The Hall–Kier alpha value is -2.80. The first-order chi connectivity index (χ1) is 11.0. The lowest BCUT2D eigenvalue weighted by atomic mass is 10.00. The van der Waals surface area contributed by atoms with Crippen LogP contribution >= 0.6 is 0 Å². The van der Waals surface area contributed by atoms with Gasteiger partial charge in [-0.3, -0.25) is 4.79 Å². The summed E-state index contributed by atoms with van der Waals surface area (Å²) >= 11 is 0. The predicted molar refractivity (Wildman–Crippen MR) is 89.1 cm³/mol. The molecule has 0 aliphatic heterocycles. The number of benzene rings is 2. The third-order valence-electron chi connectivity index (χ3n) is 3.65. The van der Waals surface area contributed by atoms with Gasteiger partial charge in [0.25, 0.3) is 5.91 Å². The summed E-state index contributed by atoms with van der Waals surface area (Å²) in [4.78, 5) is 12.1. The van der Waals surface area contributed by atoms with Crippen molar-refractivity contribution in [1.82, 2.24) is 5.32 Å². The van der Waals surface area contributed by atoms with Crippen LogP contribution in [-0.4, -0.2) is 12.5 Å². The quantitative estimate of drug-likeness (QED) is 0.920. The summed E-state index contributed by atoms with van der Waals surface area (Å²) in [7, 11) is 0. The van der Waals surface area contributed by atoms with Crippen molar-refractivity contribution in [2.75, 3.05) is 6.61 Å². The third-order valence-corrected chi connectivity index (χ3v) is 3.65. The number of amides is 1. The Balaban J connectivity index is 1.97. The lowest BCUT2D eigenvalue weighted by Crippen LogP contribution is -2.31. The van der Waals surface area contributed by atoms with Crippen LogP contribution in [0, 0.1) is 25.2 Å². The molecule has 0 spiro atoms. The largest absolute Gasteiger partial charge is 0.482 e. The van der Waals surface area contributed by atoms with Crippen molar-refractivity contribution in [3.8, 4) is 11.8 Å². The van der Waals surface area contributed by atoms with E-state index in [-0.39, 0.29) is 18.6 Å². The second-order valence-corrected chi connectivity index (χ2v) is 5.55. The molecular formula is C19H20N2O2. The molecule has 0 aliphatic carbocycles. The highest BCUT2D eigenvalue weighted by Crippen LogP contribution is 2.19. The zero-order chi connectivity index (χ0) is 16.8. The van der Waals surface area contributed by atoms with E-state index in [0.717, 1.165) is 16.7 Å². The normalized spacial score (nSPS) is 11.4. The SMILES string of the molecule is Cc1ccc(C)c(C(C)NC(=O)COc2ccccc2C#N)c1. The first-order valence-electron chi connectivity index (χ1n) is 7.49. The van der Waals surface area contributed by atoms with Crippen LogP contribution in [0.1, 0.15) is 35.2 Å². The van der Waals surface area contributed by atoms with Crippen molar-refractivity contribution < 1.29 is 9.53 Å². The van der Waals surface area contributed by atoms with Gasteiger partial charge < -0.3 is 10.1 Å². The van der Waals surface area contributed by atoms with Gasteiger partial charge >= 0.3 is 0 Å². The maximum absolute atomic E-state index is 12.1. The maximum atomic E-state index is 12.1. The maximum Gasteiger partial charge on any atom is 0.258 e. The number of aryl methyl sites for hydroxylation is 2. The van der Waals surface area contributed by atoms with Gasteiger partial charge in [-0.1, -0.05) is 35.9 Å². The van der Waals surface area contributed by atoms with Crippen molar-refractivity contribution in [1.29, 1.82) is 5.26 Å². The number of hydrogen-bond acceptors (Lipinski definition) is 3. The van der Waals surface area contributed by atoms with E-state index in [4.69, 9.17) is 10.00 Å². The van der Waals surface area contributed by atoms with E-state index in [1.165, 1.54) is 0 Å². The van der Waals surface area contributed by atoms with E-state index in [2.05, 4.69) is 17.4 Å². The molecule has 0 radical (unpaired) electrons. The number of hydrogen-bond donors (Lipinski definition) is 1. The fourth-order valence-corrected chi connectivity index (χ4v) is 2.42. The summed E-state index contributed by atoms with van der Waals surface area (Å²) in [6, 6.07) is 15.0. The molecule has 1 unspecified atom stereocenters. The molecular weight excluding hydrogens is 288 g/mol. The molecule has 2 aromatic carbocycles.